The normalized spacial score (nSPS) is 23.2. The number of carboxylic acid groups (broad SMARTS) is 1. The fourth-order valence-corrected chi connectivity index (χ4v) is 3.17. The quantitative estimate of drug-likeness (QED) is 0.928. The lowest BCUT2D eigenvalue weighted by Crippen LogP contribution is -2.23. The van der Waals surface area contributed by atoms with E-state index in [1.54, 1.807) is 11.3 Å². The predicted octanol–water partition coefficient (Wildman–Crippen LogP) is 1.95. The molecule has 6 nitrogen and oxygen atoms in total. The lowest BCUT2D eigenvalue weighted by Gasteiger charge is -2.11. The Morgan fingerprint density at radius 3 is 3.05 bits per heavy atom. The number of aliphatic carboxylic acids is 1. The molecule has 0 radical (unpaired) electrons. The second kappa shape index (κ2) is 5.34. The highest BCUT2D eigenvalue weighted by Crippen LogP contribution is 2.26. The third kappa shape index (κ3) is 2.59. The molecule has 1 saturated heterocycles. The van der Waals surface area contributed by atoms with Gasteiger partial charge in [0, 0.05) is 13.1 Å². The summed E-state index contributed by atoms with van der Waals surface area (Å²) in [6, 6.07) is 3.86. The molecule has 0 amide bonds. The predicted molar refractivity (Wildman–Crippen MR) is 73.2 cm³/mol. The zero-order valence-electron chi connectivity index (χ0n) is 11.0. The summed E-state index contributed by atoms with van der Waals surface area (Å²) >= 11 is 1.55. The van der Waals surface area contributed by atoms with Gasteiger partial charge >= 0.3 is 5.97 Å². The van der Waals surface area contributed by atoms with E-state index in [4.69, 9.17) is 9.52 Å². The fourth-order valence-electron chi connectivity index (χ4n) is 2.53. The zero-order valence-corrected chi connectivity index (χ0v) is 11.8. The molecular weight excluding hydrogens is 278 g/mol. The standard InChI is InChI=1S/C13H15N3O3S/c1-8-5-16(6-9(8)13(17)18)7-11-14-15-12(19-11)10-3-2-4-20-10/h2-4,8-9H,5-7H2,1H3,(H,17,18)/t8-,9-/m1/s1. The maximum atomic E-state index is 11.1. The molecule has 0 unspecified atom stereocenters. The average molecular weight is 293 g/mol. The van der Waals surface area contributed by atoms with Crippen LogP contribution in [0.4, 0.5) is 0 Å². The number of aromatic nitrogens is 2. The van der Waals surface area contributed by atoms with Crippen molar-refractivity contribution in [2.45, 2.75) is 13.5 Å². The van der Waals surface area contributed by atoms with Crippen LogP contribution < -0.4 is 0 Å². The van der Waals surface area contributed by atoms with Crippen LogP contribution in [-0.2, 0) is 11.3 Å². The van der Waals surface area contributed by atoms with Crippen LogP contribution in [0, 0.1) is 11.8 Å². The Balaban J connectivity index is 1.66. The minimum absolute atomic E-state index is 0.146. The minimum atomic E-state index is -0.732. The highest BCUT2D eigenvalue weighted by Gasteiger charge is 2.35. The van der Waals surface area contributed by atoms with Crippen LogP contribution in [0.25, 0.3) is 10.8 Å². The molecule has 7 heteroatoms. The van der Waals surface area contributed by atoms with Gasteiger partial charge in [-0.25, -0.2) is 0 Å². The van der Waals surface area contributed by atoms with Crippen LogP contribution in [0.5, 0.6) is 0 Å². The smallest absolute Gasteiger partial charge is 0.308 e. The highest BCUT2D eigenvalue weighted by atomic mass is 32.1. The molecule has 3 rings (SSSR count). The van der Waals surface area contributed by atoms with Gasteiger partial charge in [-0.15, -0.1) is 21.5 Å². The topological polar surface area (TPSA) is 79.5 Å². The molecule has 20 heavy (non-hydrogen) atoms. The first-order valence-corrected chi connectivity index (χ1v) is 7.33. The number of rotatable bonds is 4. The number of likely N-dealkylation sites (tertiary alicyclic amines) is 1. The third-order valence-corrected chi connectivity index (χ3v) is 4.42. The SMILES string of the molecule is C[C@@H]1CN(Cc2nnc(-c3cccs3)o2)C[C@H]1C(=O)O. The molecule has 0 spiro atoms. The molecular formula is C13H15N3O3S. The van der Waals surface area contributed by atoms with Crippen molar-refractivity contribution >= 4 is 17.3 Å². The molecule has 2 aromatic heterocycles. The van der Waals surface area contributed by atoms with E-state index in [-0.39, 0.29) is 11.8 Å². The Labute approximate surface area is 120 Å². The van der Waals surface area contributed by atoms with Gasteiger partial charge in [0.15, 0.2) is 0 Å². The van der Waals surface area contributed by atoms with Crippen molar-refractivity contribution in [2.75, 3.05) is 13.1 Å². The minimum Gasteiger partial charge on any atom is -0.481 e. The number of nitrogens with zero attached hydrogens (tertiary/aromatic N) is 3. The van der Waals surface area contributed by atoms with Crippen molar-refractivity contribution in [1.29, 1.82) is 0 Å². The van der Waals surface area contributed by atoms with Crippen LogP contribution in [0.2, 0.25) is 0 Å². The highest BCUT2D eigenvalue weighted by molar-refractivity contribution is 7.13. The molecule has 0 aromatic carbocycles. The van der Waals surface area contributed by atoms with Gasteiger partial charge < -0.3 is 9.52 Å². The Bertz CT molecular complexity index is 596. The van der Waals surface area contributed by atoms with E-state index < -0.39 is 5.97 Å². The van der Waals surface area contributed by atoms with Gasteiger partial charge in [0.1, 0.15) is 0 Å². The summed E-state index contributed by atoms with van der Waals surface area (Å²) in [6.45, 7) is 3.75. The van der Waals surface area contributed by atoms with Crippen molar-refractivity contribution in [2.24, 2.45) is 11.8 Å². The largest absolute Gasteiger partial charge is 0.481 e. The molecule has 1 aliphatic heterocycles. The van der Waals surface area contributed by atoms with Crippen molar-refractivity contribution < 1.29 is 14.3 Å². The van der Waals surface area contributed by atoms with Gasteiger partial charge in [0.05, 0.1) is 17.3 Å². The first-order chi connectivity index (χ1) is 9.63. The Morgan fingerprint density at radius 1 is 1.55 bits per heavy atom. The number of carbonyl (C=O) groups is 1. The zero-order chi connectivity index (χ0) is 14.1. The lowest BCUT2D eigenvalue weighted by atomic mass is 9.99. The second-order valence-electron chi connectivity index (χ2n) is 5.09. The Morgan fingerprint density at radius 2 is 2.40 bits per heavy atom. The van der Waals surface area contributed by atoms with E-state index in [0.717, 1.165) is 11.4 Å². The molecule has 0 aliphatic carbocycles. The van der Waals surface area contributed by atoms with E-state index >= 15 is 0 Å². The van der Waals surface area contributed by atoms with E-state index in [1.165, 1.54) is 0 Å². The molecule has 1 N–H and O–H groups in total. The van der Waals surface area contributed by atoms with Gasteiger partial charge in [-0.2, -0.15) is 0 Å². The second-order valence-corrected chi connectivity index (χ2v) is 6.04. The fraction of sp³-hybridized carbons (Fsp3) is 0.462. The summed E-state index contributed by atoms with van der Waals surface area (Å²) in [5.74, 6) is 0.162. The van der Waals surface area contributed by atoms with Crippen molar-refractivity contribution in [1.82, 2.24) is 15.1 Å². The Hall–Kier alpha value is -1.73. The molecule has 2 atom stereocenters. The maximum absolute atomic E-state index is 11.1. The Kier molecular flexibility index (Phi) is 3.54. The van der Waals surface area contributed by atoms with E-state index in [2.05, 4.69) is 15.1 Å². The molecule has 1 aliphatic rings. The number of hydrogen-bond acceptors (Lipinski definition) is 6. The van der Waals surface area contributed by atoms with Crippen molar-refractivity contribution in [3.63, 3.8) is 0 Å². The van der Waals surface area contributed by atoms with Crippen LogP contribution in [0.1, 0.15) is 12.8 Å². The summed E-state index contributed by atoms with van der Waals surface area (Å²) in [5, 5.41) is 19.1. The monoisotopic (exact) mass is 293 g/mol. The van der Waals surface area contributed by atoms with E-state index in [0.29, 0.717) is 24.9 Å². The summed E-state index contributed by atoms with van der Waals surface area (Å²) in [7, 11) is 0. The van der Waals surface area contributed by atoms with Gasteiger partial charge in [-0.3, -0.25) is 9.69 Å². The van der Waals surface area contributed by atoms with Gasteiger partial charge in [0.25, 0.3) is 5.89 Å². The molecule has 106 valence electrons. The summed E-state index contributed by atoms with van der Waals surface area (Å²) in [6.07, 6.45) is 0. The maximum Gasteiger partial charge on any atom is 0.308 e. The molecule has 2 aromatic rings. The summed E-state index contributed by atoms with van der Waals surface area (Å²) in [4.78, 5) is 14.1. The van der Waals surface area contributed by atoms with E-state index in [9.17, 15) is 4.79 Å². The van der Waals surface area contributed by atoms with Gasteiger partial charge in [-0.05, 0) is 17.4 Å². The number of carboxylic acids is 1. The first-order valence-electron chi connectivity index (χ1n) is 6.45. The summed E-state index contributed by atoms with van der Waals surface area (Å²) < 4.78 is 5.62. The van der Waals surface area contributed by atoms with Crippen molar-refractivity contribution in [3.8, 4) is 10.8 Å². The first kappa shape index (κ1) is 13.3. The molecule has 0 bridgehead atoms. The van der Waals surface area contributed by atoms with Gasteiger partial charge in [0.2, 0.25) is 5.89 Å². The summed E-state index contributed by atoms with van der Waals surface area (Å²) in [5.41, 5.74) is 0. The average Bonchev–Trinajstić information content (AvgIpc) is 3.09. The number of thiophene rings is 1. The van der Waals surface area contributed by atoms with Crippen LogP contribution in [0.15, 0.2) is 21.9 Å². The van der Waals surface area contributed by atoms with Crippen molar-refractivity contribution in [3.05, 3.63) is 23.4 Å². The lowest BCUT2D eigenvalue weighted by molar-refractivity contribution is -0.142. The van der Waals surface area contributed by atoms with Gasteiger partial charge in [-0.1, -0.05) is 13.0 Å². The third-order valence-electron chi connectivity index (χ3n) is 3.56. The molecule has 1 fully saturated rings. The van der Waals surface area contributed by atoms with E-state index in [1.807, 2.05) is 24.4 Å². The molecule has 3 heterocycles. The van der Waals surface area contributed by atoms with Crippen LogP contribution >= 0.6 is 11.3 Å². The molecule has 0 saturated carbocycles. The number of hydrogen-bond donors (Lipinski definition) is 1. The van der Waals surface area contributed by atoms with Crippen LogP contribution in [-0.4, -0.2) is 39.3 Å². The van der Waals surface area contributed by atoms with Crippen LogP contribution in [0.3, 0.4) is 0 Å².